The Labute approximate surface area is 157 Å². The van der Waals surface area contributed by atoms with Crippen LogP contribution < -0.4 is 18.6 Å². The summed E-state index contributed by atoms with van der Waals surface area (Å²) < 4.78 is 14.5. The summed E-state index contributed by atoms with van der Waals surface area (Å²) in [5.74, 6) is -0.676. The Hall–Kier alpha value is -3.54. The molecule has 0 aliphatic rings. The van der Waals surface area contributed by atoms with Crippen LogP contribution in [0.25, 0.3) is 0 Å². The lowest BCUT2D eigenvalue weighted by atomic mass is 10.2. The lowest BCUT2D eigenvalue weighted by Crippen LogP contribution is -2.28. The molecule has 0 N–H and O–H groups in total. The highest BCUT2D eigenvalue weighted by atomic mass is 16.6. The minimum Gasteiger partial charge on any atom is -0.419 e. The Morgan fingerprint density at radius 1 is 0.778 bits per heavy atom. The number of hydrogen-bond donors (Lipinski definition) is 0. The van der Waals surface area contributed by atoms with Crippen molar-refractivity contribution >= 4 is 11.9 Å². The molecule has 0 saturated carbocycles. The second kappa shape index (κ2) is 7.78. The van der Waals surface area contributed by atoms with Gasteiger partial charge in [0.25, 0.3) is 0 Å². The number of hydrogen-bond acceptors (Lipinski definition) is 4. The van der Waals surface area contributed by atoms with Gasteiger partial charge < -0.3 is 9.47 Å². The van der Waals surface area contributed by atoms with Gasteiger partial charge in [0.05, 0.1) is 0 Å². The Morgan fingerprint density at radius 3 is 1.81 bits per heavy atom. The zero-order valence-corrected chi connectivity index (χ0v) is 15.4. The summed E-state index contributed by atoms with van der Waals surface area (Å²) >= 11 is 0. The van der Waals surface area contributed by atoms with Crippen molar-refractivity contribution in [3.63, 3.8) is 0 Å². The van der Waals surface area contributed by atoms with E-state index in [-0.39, 0.29) is 11.5 Å². The van der Waals surface area contributed by atoms with Gasteiger partial charge in [-0.1, -0.05) is 6.07 Å². The maximum absolute atomic E-state index is 12.5. The number of aromatic nitrogens is 2. The highest BCUT2D eigenvalue weighted by molar-refractivity contribution is 5.92. The average Bonchev–Trinajstić information content (AvgIpc) is 2.64. The predicted molar refractivity (Wildman–Crippen MR) is 96.3 cm³/mol. The molecule has 0 aliphatic carbocycles. The Balaban J connectivity index is 1.85. The lowest BCUT2D eigenvalue weighted by Gasteiger charge is -2.11. The zero-order valence-electron chi connectivity index (χ0n) is 15.4. The van der Waals surface area contributed by atoms with Crippen LogP contribution in [0.1, 0.15) is 26.3 Å². The van der Waals surface area contributed by atoms with Crippen LogP contribution >= 0.6 is 0 Å². The molecular formula is C21H20N2O4+2. The Bertz CT molecular complexity index is 1010. The highest BCUT2D eigenvalue weighted by Crippen LogP contribution is 2.29. The fourth-order valence-electron chi connectivity index (χ4n) is 2.51. The van der Waals surface area contributed by atoms with Gasteiger partial charge in [-0.2, -0.15) is 0 Å². The molecule has 0 saturated heterocycles. The van der Waals surface area contributed by atoms with E-state index in [1.165, 1.54) is 0 Å². The van der Waals surface area contributed by atoms with Crippen LogP contribution in [0, 0.1) is 6.92 Å². The van der Waals surface area contributed by atoms with Crippen LogP contribution in [0.15, 0.2) is 67.3 Å². The molecule has 0 amide bonds. The molecule has 0 spiro atoms. The number of nitrogens with zero attached hydrogens (tertiary/aromatic N) is 2. The summed E-state index contributed by atoms with van der Waals surface area (Å²) in [5.41, 5.74) is 1.67. The highest BCUT2D eigenvalue weighted by Gasteiger charge is 2.19. The first-order valence-electron chi connectivity index (χ1n) is 8.38. The number of ether oxygens (including phenoxy) is 2. The molecule has 136 valence electrons. The van der Waals surface area contributed by atoms with Gasteiger partial charge in [-0.3, -0.25) is 0 Å². The van der Waals surface area contributed by atoms with Gasteiger partial charge in [-0.05, 0) is 36.8 Å². The summed E-state index contributed by atoms with van der Waals surface area (Å²) in [7, 11) is 3.63. The van der Waals surface area contributed by atoms with E-state index in [1.807, 2.05) is 33.4 Å². The second-order valence-corrected chi connectivity index (χ2v) is 6.25. The molecule has 2 aromatic heterocycles. The van der Waals surface area contributed by atoms with Crippen molar-refractivity contribution < 1.29 is 28.2 Å². The SMILES string of the molecule is Cc1ccc(OC(=O)c2ccc[n+](C)c2)c(OC(=O)c2ccc[n+](C)c2)c1. The summed E-state index contributed by atoms with van der Waals surface area (Å²) in [4.78, 5) is 24.9. The summed E-state index contributed by atoms with van der Waals surface area (Å²) in [5, 5.41) is 0. The third-order valence-corrected chi connectivity index (χ3v) is 3.86. The summed E-state index contributed by atoms with van der Waals surface area (Å²) in [6.45, 7) is 1.86. The van der Waals surface area contributed by atoms with Gasteiger partial charge in [0.1, 0.15) is 25.2 Å². The maximum atomic E-state index is 12.5. The largest absolute Gasteiger partial charge is 0.419 e. The van der Waals surface area contributed by atoms with Gasteiger partial charge in [0, 0.05) is 12.1 Å². The van der Waals surface area contributed by atoms with Gasteiger partial charge >= 0.3 is 11.9 Å². The number of carbonyl (C=O) groups excluding carboxylic acids is 2. The number of carbonyl (C=O) groups is 2. The van der Waals surface area contributed by atoms with E-state index in [0.717, 1.165) is 5.56 Å². The van der Waals surface area contributed by atoms with Gasteiger partial charge in [0.2, 0.25) is 0 Å². The lowest BCUT2D eigenvalue weighted by molar-refractivity contribution is -0.671. The van der Waals surface area contributed by atoms with Gasteiger partial charge in [-0.25, -0.2) is 18.7 Å². The van der Waals surface area contributed by atoms with Crippen LogP contribution in [0.2, 0.25) is 0 Å². The van der Waals surface area contributed by atoms with E-state index in [0.29, 0.717) is 11.1 Å². The number of esters is 2. The van der Waals surface area contributed by atoms with Gasteiger partial charge in [0.15, 0.2) is 36.3 Å². The van der Waals surface area contributed by atoms with Crippen molar-refractivity contribution in [1.29, 1.82) is 0 Å². The summed E-state index contributed by atoms with van der Waals surface area (Å²) in [6.07, 6.45) is 6.95. The molecule has 0 atom stereocenters. The molecular weight excluding hydrogens is 344 g/mol. The molecule has 0 aliphatic heterocycles. The van der Waals surface area contributed by atoms with Crippen molar-refractivity contribution in [2.75, 3.05) is 0 Å². The van der Waals surface area contributed by atoms with Crippen molar-refractivity contribution in [2.45, 2.75) is 6.92 Å². The number of rotatable bonds is 4. The minimum atomic E-state index is -0.529. The van der Waals surface area contributed by atoms with Gasteiger partial charge in [-0.15, -0.1) is 0 Å². The maximum Gasteiger partial charge on any atom is 0.349 e. The number of aryl methyl sites for hydroxylation is 3. The van der Waals surface area contributed by atoms with Crippen LogP contribution in [0.3, 0.4) is 0 Å². The molecule has 2 heterocycles. The van der Waals surface area contributed by atoms with Crippen molar-refractivity contribution in [3.05, 3.63) is 83.9 Å². The van der Waals surface area contributed by atoms with E-state index < -0.39 is 11.9 Å². The monoisotopic (exact) mass is 364 g/mol. The van der Waals surface area contributed by atoms with Crippen LogP contribution in [0.4, 0.5) is 0 Å². The fraction of sp³-hybridized carbons (Fsp3) is 0.143. The third kappa shape index (κ3) is 4.55. The first-order valence-corrected chi connectivity index (χ1v) is 8.38. The third-order valence-electron chi connectivity index (χ3n) is 3.86. The average molecular weight is 364 g/mol. The second-order valence-electron chi connectivity index (χ2n) is 6.25. The molecule has 0 unspecified atom stereocenters. The van der Waals surface area contributed by atoms with Crippen molar-refractivity contribution in [3.8, 4) is 11.5 Å². The zero-order chi connectivity index (χ0) is 19.4. The first kappa shape index (κ1) is 18.3. The van der Waals surface area contributed by atoms with Crippen LogP contribution in [0.5, 0.6) is 11.5 Å². The first-order chi connectivity index (χ1) is 12.9. The Kier molecular flexibility index (Phi) is 5.26. The normalized spacial score (nSPS) is 10.3. The number of pyridine rings is 2. The molecule has 6 nitrogen and oxygen atoms in total. The smallest absolute Gasteiger partial charge is 0.349 e. The molecule has 27 heavy (non-hydrogen) atoms. The molecule has 1 aromatic carbocycles. The molecule has 3 rings (SSSR count). The predicted octanol–water partition coefficient (Wildman–Crippen LogP) is 2.08. The van der Waals surface area contributed by atoms with Crippen molar-refractivity contribution in [2.24, 2.45) is 14.1 Å². The quantitative estimate of drug-likeness (QED) is 0.404. The van der Waals surface area contributed by atoms with E-state index in [9.17, 15) is 9.59 Å². The Morgan fingerprint density at radius 2 is 1.30 bits per heavy atom. The van der Waals surface area contributed by atoms with Crippen molar-refractivity contribution in [1.82, 2.24) is 0 Å². The minimum absolute atomic E-state index is 0.186. The molecule has 0 radical (unpaired) electrons. The van der Waals surface area contributed by atoms with E-state index in [4.69, 9.17) is 9.47 Å². The molecule has 6 heteroatoms. The topological polar surface area (TPSA) is 60.4 Å². The van der Waals surface area contributed by atoms with E-state index in [2.05, 4.69) is 0 Å². The van der Waals surface area contributed by atoms with E-state index in [1.54, 1.807) is 64.0 Å². The van der Waals surface area contributed by atoms with Crippen LogP contribution in [-0.2, 0) is 14.1 Å². The van der Waals surface area contributed by atoms with Crippen LogP contribution in [-0.4, -0.2) is 11.9 Å². The summed E-state index contributed by atoms with van der Waals surface area (Å²) in [6, 6.07) is 11.9. The standard InChI is InChI=1S/C21H20N2O4/c1-15-8-9-18(26-20(24)16-6-4-10-22(2)13-16)19(12-15)27-21(25)17-7-5-11-23(3)14-17/h4-14H,1-3H3/q+2. The number of benzene rings is 1. The fourth-order valence-corrected chi connectivity index (χ4v) is 2.51. The molecule has 0 fully saturated rings. The van der Waals surface area contributed by atoms with E-state index >= 15 is 0 Å². The molecule has 0 bridgehead atoms. The molecule has 3 aromatic rings.